The topological polar surface area (TPSA) is 183 Å². The van der Waals surface area contributed by atoms with Crippen LogP contribution in [0.25, 0.3) is 22.3 Å². The molecule has 0 radical (unpaired) electrons. The van der Waals surface area contributed by atoms with Gasteiger partial charge in [0.2, 0.25) is 23.3 Å². The molecule has 14 heteroatoms. The van der Waals surface area contributed by atoms with Gasteiger partial charge in [-0.3, -0.25) is 10.6 Å². The first kappa shape index (κ1) is 29.1. The van der Waals surface area contributed by atoms with Crippen LogP contribution in [0.5, 0.6) is 5.75 Å². The molecule has 5 aromatic rings. The maximum Gasteiger partial charge on any atom is 0.326 e. The van der Waals surface area contributed by atoms with Gasteiger partial charge >= 0.3 is 12.1 Å². The van der Waals surface area contributed by atoms with Gasteiger partial charge in [0.25, 0.3) is 6.26 Å². The normalized spacial score (nSPS) is 11.5. The molecule has 0 spiro atoms. The first-order valence-corrected chi connectivity index (χ1v) is 14.5. The fourth-order valence-corrected chi connectivity index (χ4v) is 5.93. The third-order valence-electron chi connectivity index (χ3n) is 7.63. The highest BCUT2D eigenvalue weighted by Crippen LogP contribution is 2.40. The number of nitriles is 1. The average molecular weight is 642 g/mol. The summed E-state index contributed by atoms with van der Waals surface area (Å²) in [7, 11) is 0. The minimum absolute atomic E-state index is 0.176. The molecule has 0 saturated heterocycles. The molecule has 4 aromatic carbocycles. The van der Waals surface area contributed by atoms with E-state index in [2.05, 4.69) is 41.2 Å². The predicted octanol–water partition coefficient (Wildman–Crippen LogP) is 6.78. The van der Waals surface area contributed by atoms with Crippen LogP contribution in [0.15, 0.2) is 77.8 Å². The Balaban J connectivity index is 0.975. The van der Waals surface area contributed by atoms with Crippen molar-refractivity contribution in [1.29, 1.82) is 5.26 Å². The van der Waals surface area contributed by atoms with Gasteiger partial charge in [-0.05, 0) is 117 Å². The summed E-state index contributed by atoms with van der Waals surface area (Å²) in [6.07, 6.45) is 4.46. The summed E-state index contributed by atoms with van der Waals surface area (Å²) in [5, 5.41) is 19.0. The largest absolute Gasteiger partial charge is 0.388 e. The second kappa shape index (κ2) is 12.1. The van der Waals surface area contributed by atoms with Crippen LogP contribution in [0, 0.1) is 11.5 Å². The van der Waals surface area contributed by atoms with Crippen molar-refractivity contribution in [3.63, 3.8) is 0 Å². The molecule has 4 amide bonds. The number of hydrogen-bond donors (Lipinski definition) is 4. The van der Waals surface area contributed by atoms with E-state index < -0.39 is 12.1 Å². The number of hydrogen-bond acceptors (Lipinski definition) is 9. The quantitative estimate of drug-likeness (QED) is 0.0869. The van der Waals surface area contributed by atoms with E-state index in [1.54, 1.807) is 36.6 Å². The zero-order valence-corrected chi connectivity index (χ0v) is 24.8. The number of fused-ring (bicyclic) bond motifs is 6. The van der Waals surface area contributed by atoms with Crippen LogP contribution in [0.4, 0.5) is 38.5 Å². The first-order chi connectivity index (χ1) is 22.8. The van der Waals surface area contributed by atoms with Crippen molar-refractivity contribution < 1.29 is 19.1 Å². The highest BCUT2D eigenvalue weighted by molar-refractivity contribution is 6.28. The number of halogens is 1. The first-order valence-electron chi connectivity index (χ1n) is 14.1. The van der Waals surface area contributed by atoms with Gasteiger partial charge in [0.15, 0.2) is 0 Å². The number of benzene rings is 4. The van der Waals surface area contributed by atoms with Crippen LogP contribution in [0.2, 0.25) is 5.28 Å². The summed E-state index contributed by atoms with van der Waals surface area (Å²) in [6, 6.07) is 20.7. The molecule has 1 heterocycles. The maximum absolute atomic E-state index is 12.8. The molecule has 0 bridgehead atoms. The molecule has 228 valence electrons. The smallest absolute Gasteiger partial charge is 0.326 e. The molecular formula is C33H20ClN9O4. The van der Waals surface area contributed by atoms with E-state index in [1.165, 1.54) is 0 Å². The lowest BCUT2D eigenvalue weighted by atomic mass is 10.1. The summed E-state index contributed by atoms with van der Waals surface area (Å²) in [5.41, 5.74) is 9.75. The lowest BCUT2D eigenvalue weighted by Gasteiger charge is -2.11. The highest BCUT2D eigenvalue weighted by atomic mass is 35.5. The minimum Gasteiger partial charge on any atom is -0.388 e. The van der Waals surface area contributed by atoms with E-state index in [-0.39, 0.29) is 17.2 Å². The van der Waals surface area contributed by atoms with Crippen molar-refractivity contribution in [2.75, 3.05) is 21.3 Å². The Morgan fingerprint density at radius 2 is 1.21 bits per heavy atom. The Hall–Kier alpha value is -6.61. The molecule has 0 aliphatic heterocycles. The van der Waals surface area contributed by atoms with Gasteiger partial charge in [0, 0.05) is 11.4 Å². The summed E-state index contributed by atoms with van der Waals surface area (Å²) in [6.45, 7) is 0. The highest BCUT2D eigenvalue weighted by Gasteiger charge is 2.21. The number of urea groups is 2. The number of amides is 4. The molecule has 2 aliphatic rings. The minimum atomic E-state index is -0.633. The monoisotopic (exact) mass is 641 g/mol. The molecule has 0 fully saturated rings. The number of anilines is 4. The second-order valence-electron chi connectivity index (χ2n) is 10.6. The van der Waals surface area contributed by atoms with Gasteiger partial charge < -0.3 is 15.4 Å². The molecule has 0 saturated carbocycles. The predicted molar refractivity (Wildman–Crippen MR) is 174 cm³/mol. The Labute approximate surface area is 271 Å². The Morgan fingerprint density at radius 3 is 1.77 bits per heavy atom. The van der Waals surface area contributed by atoms with Gasteiger partial charge in [-0.1, -0.05) is 24.3 Å². The maximum atomic E-state index is 12.8. The van der Waals surface area contributed by atoms with Crippen molar-refractivity contribution in [2.24, 2.45) is 4.99 Å². The summed E-state index contributed by atoms with van der Waals surface area (Å²) >= 11 is 6.06. The van der Waals surface area contributed by atoms with E-state index in [0.717, 1.165) is 44.5 Å². The molecule has 47 heavy (non-hydrogen) atoms. The van der Waals surface area contributed by atoms with Gasteiger partial charge in [0.05, 0.1) is 5.69 Å². The van der Waals surface area contributed by atoms with Crippen LogP contribution in [-0.4, -0.2) is 33.1 Å². The fourth-order valence-electron chi connectivity index (χ4n) is 5.77. The molecular weight excluding hydrogens is 622 g/mol. The van der Waals surface area contributed by atoms with Crippen LogP contribution in [-0.2, 0) is 17.6 Å². The molecule has 2 aliphatic carbocycles. The standard InChI is InChI=1S/C33H20ClN9O4/c34-29-39-30(42-32(45)37-22-2-6-26-18(12-22)9-17-11-21(36-16-44)1-5-25(17)26)41-31(40-29)43-33(46)38-23-3-7-27-19(13-23)10-20-14-24(47-15-35)4-8-28(20)27/h1-8,11-14H,9-10H2,(H4,37,38,39,40,41,42,43,45,46). The fraction of sp³-hybridized carbons (Fsp3) is 0.0606. The molecule has 1 aromatic heterocycles. The zero-order chi connectivity index (χ0) is 32.5. The van der Waals surface area contributed by atoms with E-state index in [9.17, 15) is 14.4 Å². The molecule has 13 nitrogen and oxygen atoms in total. The molecule has 7 rings (SSSR count). The lowest BCUT2D eigenvalue weighted by Crippen LogP contribution is -2.24. The Kier molecular flexibility index (Phi) is 7.47. The van der Waals surface area contributed by atoms with Gasteiger partial charge in [-0.25, -0.2) is 14.4 Å². The van der Waals surface area contributed by atoms with Gasteiger partial charge in [0.1, 0.15) is 5.75 Å². The SMILES string of the molecule is N#COc1ccc2c(c1)Cc1cc(NC(=O)Nc3nc(Cl)nc(NC(=O)Nc4ccc5c(c4)Cc4cc(N=C=O)ccc4-5)n3)ccc1-2. The van der Waals surface area contributed by atoms with E-state index in [0.29, 0.717) is 35.7 Å². The Bertz CT molecular complexity index is 2230. The molecule has 4 N–H and O–H groups in total. The van der Waals surface area contributed by atoms with Crippen molar-refractivity contribution in [3.05, 3.63) is 100 Å². The summed E-state index contributed by atoms with van der Waals surface area (Å²) in [4.78, 5) is 51.8. The lowest BCUT2D eigenvalue weighted by molar-refractivity contribution is 0.261. The van der Waals surface area contributed by atoms with E-state index in [1.807, 2.05) is 48.5 Å². The van der Waals surface area contributed by atoms with Crippen LogP contribution < -0.4 is 26.0 Å². The number of aliphatic imine (C=N–C) groups is 1. The van der Waals surface area contributed by atoms with Crippen LogP contribution in [0.3, 0.4) is 0 Å². The summed E-state index contributed by atoms with van der Waals surface area (Å²) < 4.78 is 4.94. The van der Waals surface area contributed by atoms with Crippen molar-refractivity contribution in [2.45, 2.75) is 12.8 Å². The van der Waals surface area contributed by atoms with Crippen LogP contribution in [0.1, 0.15) is 22.3 Å². The molecule has 0 unspecified atom stereocenters. The van der Waals surface area contributed by atoms with Crippen LogP contribution >= 0.6 is 11.6 Å². The number of isocyanates is 1. The number of nitrogens with one attached hydrogen (secondary N) is 4. The van der Waals surface area contributed by atoms with E-state index >= 15 is 0 Å². The number of carbonyl (C=O) groups is 2. The third kappa shape index (κ3) is 6.05. The number of carbonyl (C=O) groups excluding carboxylic acids is 3. The molecule has 0 atom stereocenters. The number of nitrogens with zero attached hydrogens (tertiary/aromatic N) is 5. The van der Waals surface area contributed by atoms with Crippen molar-refractivity contribution in [3.8, 4) is 34.3 Å². The third-order valence-corrected chi connectivity index (χ3v) is 7.80. The zero-order valence-electron chi connectivity index (χ0n) is 24.1. The van der Waals surface area contributed by atoms with Crippen molar-refractivity contribution in [1.82, 2.24) is 15.0 Å². The summed E-state index contributed by atoms with van der Waals surface area (Å²) in [5.74, 6) is 0.117. The second-order valence-corrected chi connectivity index (χ2v) is 10.9. The van der Waals surface area contributed by atoms with Gasteiger partial charge in [-0.2, -0.15) is 19.9 Å². The number of aromatic nitrogens is 3. The number of rotatable bonds is 6. The van der Waals surface area contributed by atoms with Gasteiger partial charge in [-0.15, -0.1) is 5.26 Å². The average Bonchev–Trinajstić information content (AvgIpc) is 3.57. The van der Waals surface area contributed by atoms with Crippen molar-refractivity contribution >= 4 is 58.7 Å². The number of ether oxygens (including phenoxy) is 1. The van der Waals surface area contributed by atoms with E-state index in [4.69, 9.17) is 21.6 Å². The Morgan fingerprint density at radius 1 is 0.702 bits per heavy atom.